The summed E-state index contributed by atoms with van der Waals surface area (Å²) in [5.41, 5.74) is 0.467. The van der Waals surface area contributed by atoms with Gasteiger partial charge in [-0.1, -0.05) is 38.5 Å². The minimum absolute atomic E-state index is 0.0197. The fourth-order valence-corrected chi connectivity index (χ4v) is 5.44. The first-order chi connectivity index (χ1) is 14.7. The largest absolute Gasteiger partial charge is 0.452 e. The number of aromatic nitrogens is 1. The number of nitrogens with zero attached hydrogens (tertiary/aromatic N) is 3. The van der Waals surface area contributed by atoms with Gasteiger partial charge in [0.15, 0.2) is 6.61 Å². The number of carbonyl (C=O) groups is 2. The minimum atomic E-state index is -0.439. The molecule has 0 aromatic carbocycles. The molecule has 1 aliphatic heterocycles. The zero-order chi connectivity index (χ0) is 20.8. The van der Waals surface area contributed by atoms with E-state index in [0.717, 1.165) is 51.6 Å². The van der Waals surface area contributed by atoms with Gasteiger partial charge in [0, 0.05) is 31.4 Å². The van der Waals surface area contributed by atoms with Crippen LogP contribution in [0.4, 0.5) is 5.82 Å². The first kappa shape index (κ1) is 21.1. The van der Waals surface area contributed by atoms with Crippen molar-refractivity contribution in [1.29, 1.82) is 0 Å². The zero-order valence-corrected chi connectivity index (χ0v) is 18.1. The molecule has 0 radical (unpaired) electrons. The van der Waals surface area contributed by atoms with Crippen molar-refractivity contribution in [1.82, 2.24) is 9.88 Å². The normalized spacial score (nSPS) is 20.9. The van der Waals surface area contributed by atoms with Gasteiger partial charge < -0.3 is 14.5 Å². The molecule has 0 spiro atoms. The summed E-state index contributed by atoms with van der Waals surface area (Å²) in [6, 6.07) is 4.14. The molecule has 2 saturated carbocycles. The van der Waals surface area contributed by atoms with Gasteiger partial charge >= 0.3 is 5.97 Å². The Morgan fingerprint density at radius 3 is 2.13 bits per heavy atom. The number of hydrogen-bond donors (Lipinski definition) is 0. The lowest BCUT2D eigenvalue weighted by Crippen LogP contribution is -2.50. The molecule has 30 heavy (non-hydrogen) atoms. The van der Waals surface area contributed by atoms with E-state index in [4.69, 9.17) is 4.74 Å². The summed E-state index contributed by atoms with van der Waals surface area (Å²) in [5.74, 6) is 0.225. The summed E-state index contributed by atoms with van der Waals surface area (Å²) in [4.78, 5) is 34.7. The van der Waals surface area contributed by atoms with E-state index in [2.05, 4.69) is 14.8 Å². The zero-order valence-electron chi connectivity index (χ0n) is 18.1. The van der Waals surface area contributed by atoms with Crippen molar-refractivity contribution in [3.63, 3.8) is 0 Å². The van der Waals surface area contributed by atoms with Gasteiger partial charge in [-0.2, -0.15) is 0 Å². The second-order valence-corrected chi connectivity index (χ2v) is 9.03. The first-order valence-electron chi connectivity index (χ1n) is 11.9. The van der Waals surface area contributed by atoms with Crippen molar-refractivity contribution in [2.45, 2.75) is 89.1 Å². The molecule has 1 saturated heterocycles. The van der Waals surface area contributed by atoms with E-state index in [-0.39, 0.29) is 12.5 Å². The number of amides is 1. The van der Waals surface area contributed by atoms with Gasteiger partial charge in [-0.25, -0.2) is 9.78 Å². The van der Waals surface area contributed by atoms with Crippen LogP contribution in [0.3, 0.4) is 0 Å². The highest BCUT2D eigenvalue weighted by molar-refractivity contribution is 5.96. The summed E-state index contributed by atoms with van der Waals surface area (Å²) >= 11 is 0. The van der Waals surface area contributed by atoms with Gasteiger partial charge in [0.25, 0.3) is 5.91 Å². The van der Waals surface area contributed by atoms with Gasteiger partial charge in [-0.3, -0.25) is 4.79 Å². The Balaban J connectivity index is 1.42. The number of anilines is 1. The summed E-state index contributed by atoms with van der Waals surface area (Å²) in [7, 11) is 0. The van der Waals surface area contributed by atoms with Gasteiger partial charge in [0.1, 0.15) is 11.4 Å². The van der Waals surface area contributed by atoms with Crippen molar-refractivity contribution in [3.05, 3.63) is 23.9 Å². The molecule has 0 bridgehead atoms. The molecular weight excluding hydrogens is 378 g/mol. The molecule has 1 aromatic heterocycles. The number of carbonyl (C=O) groups excluding carboxylic acids is 2. The van der Waals surface area contributed by atoms with Crippen LogP contribution in [0, 0.1) is 0 Å². The van der Waals surface area contributed by atoms with Crippen LogP contribution in [0.1, 0.15) is 87.4 Å². The average Bonchev–Trinajstić information content (AvgIpc) is 3.34. The van der Waals surface area contributed by atoms with Crippen molar-refractivity contribution in [3.8, 4) is 0 Å². The van der Waals surface area contributed by atoms with Gasteiger partial charge in [0.05, 0.1) is 0 Å². The standard InChI is InChI=1S/C24H35N3O3/c28-22(27(19-10-3-1-4-11-19)20-12-5-2-6-13-20)18-30-24(29)21-14-9-15-25-23(21)26-16-7-8-17-26/h9,14-15,19-20H,1-8,10-13,16-18H2. The second kappa shape index (κ2) is 10.3. The summed E-state index contributed by atoms with van der Waals surface area (Å²) < 4.78 is 5.56. The molecule has 6 nitrogen and oxygen atoms in total. The third-order valence-corrected chi connectivity index (χ3v) is 6.96. The lowest BCUT2D eigenvalue weighted by atomic mass is 9.88. The highest BCUT2D eigenvalue weighted by Gasteiger charge is 2.33. The van der Waals surface area contributed by atoms with Gasteiger partial charge in [-0.15, -0.1) is 0 Å². The van der Waals surface area contributed by atoms with Crippen molar-refractivity contribution >= 4 is 17.7 Å². The lowest BCUT2D eigenvalue weighted by molar-refractivity contribution is -0.141. The molecule has 0 atom stereocenters. The second-order valence-electron chi connectivity index (χ2n) is 9.03. The van der Waals surface area contributed by atoms with Crippen LogP contribution in [-0.2, 0) is 9.53 Å². The summed E-state index contributed by atoms with van der Waals surface area (Å²) in [6.45, 7) is 1.65. The fraction of sp³-hybridized carbons (Fsp3) is 0.708. The van der Waals surface area contributed by atoms with Gasteiger partial charge in [-0.05, 0) is 50.7 Å². The summed E-state index contributed by atoms with van der Waals surface area (Å²) in [5, 5.41) is 0. The molecule has 1 aromatic rings. The first-order valence-corrected chi connectivity index (χ1v) is 11.9. The predicted octanol–water partition coefficient (Wildman–Crippen LogP) is 4.33. The van der Waals surface area contributed by atoms with Crippen LogP contribution in [0.25, 0.3) is 0 Å². The molecule has 3 aliphatic rings. The molecular formula is C24H35N3O3. The van der Waals surface area contributed by atoms with Crippen LogP contribution in [0.2, 0.25) is 0 Å². The predicted molar refractivity (Wildman–Crippen MR) is 117 cm³/mol. The Bertz CT molecular complexity index is 702. The number of esters is 1. The van der Waals surface area contributed by atoms with E-state index in [9.17, 15) is 9.59 Å². The highest BCUT2D eigenvalue weighted by Crippen LogP contribution is 2.30. The van der Waals surface area contributed by atoms with E-state index in [1.54, 1.807) is 18.3 Å². The van der Waals surface area contributed by atoms with E-state index in [1.165, 1.54) is 38.5 Å². The third-order valence-electron chi connectivity index (χ3n) is 6.96. The quantitative estimate of drug-likeness (QED) is 0.650. The Morgan fingerprint density at radius 1 is 0.933 bits per heavy atom. The Morgan fingerprint density at radius 2 is 1.53 bits per heavy atom. The topological polar surface area (TPSA) is 62.7 Å². The Kier molecular flexibility index (Phi) is 7.24. The number of hydrogen-bond acceptors (Lipinski definition) is 5. The molecule has 1 amide bonds. The van der Waals surface area contributed by atoms with Crippen LogP contribution < -0.4 is 4.90 Å². The number of rotatable bonds is 6. The SMILES string of the molecule is O=C(OCC(=O)N(C1CCCCC1)C1CCCCC1)c1cccnc1N1CCCC1. The highest BCUT2D eigenvalue weighted by atomic mass is 16.5. The van der Waals surface area contributed by atoms with Crippen LogP contribution >= 0.6 is 0 Å². The van der Waals surface area contributed by atoms with Crippen molar-refractivity contribution < 1.29 is 14.3 Å². The minimum Gasteiger partial charge on any atom is -0.452 e. The van der Waals surface area contributed by atoms with E-state index in [1.807, 2.05) is 0 Å². The van der Waals surface area contributed by atoms with Crippen LogP contribution in [0.15, 0.2) is 18.3 Å². The maximum Gasteiger partial charge on any atom is 0.342 e. The maximum atomic E-state index is 13.2. The van der Waals surface area contributed by atoms with E-state index < -0.39 is 5.97 Å². The monoisotopic (exact) mass is 413 g/mol. The van der Waals surface area contributed by atoms with Crippen LogP contribution in [-0.4, -0.2) is 53.5 Å². The number of pyridine rings is 1. The third kappa shape index (κ3) is 4.96. The molecule has 0 N–H and O–H groups in total. The summed E-state index contributed by atoms with van der Waals surface area (Å²) in [6.07, 6.45) is 15.5. The molecule has 164 valence electrons. The molecule has 6 heteroatoms. The van der Waals surface area contributed by atoms with E-state index in [0.29, 0.717) is 23.5 Å². The Labute approximate surface area is 180 Å². The maximum absolute atomic E-state index is 13.2. The Hall–Kier alpha value is -2.11. The fourth-order valence-electron chi connectivity index (χ4n) is 5.44. The van der Waals surface area contributed by atoms with Crippen LogP contribution in [0.5, 0.6) is 0 Å². The molecule has 3 fully saturated rings. The smallest absolute Gasteiger partial charge is 0.342 e. The molecule has 4 rings (SSSR count). The van der Waals surface area contributed by atoms with E-state index >= 15 is 0 Å². The molecule has 2 heterocycles. The molecule has 2 aliphatic carbocycles. The van der Waals surface area contributed by atoms with Crippen molar-refractivity contribution in [2.75, 3.05) is 24.6 Å². The number of ether oxygens (including phenoxy) is 1. The van der Waals surface area contributed by atoms with Gasteiger partial charge in [0.2, 0.25) is 0 Å². The average molecular weight is 414 g/mol. The van der Waals surface area contributed by atoms with Crippen molar-refractivity contribution in [2.24, 2.45) is 0 Å². The molecule has 0 unspecified atom stereocenters. The lowest BCUT2D eigenvalue weighted by Gasteiger charge is -2.41.